The monoisotopic (exact) mass is 419 g/mol. The molecule has 0 aliphatic rings. The fourth-order valence-electron chi connectivity index (χ4n) is 2.43. The number of nitro benzene ring substituents is 1. The molecule has 3 rings (SSSR count). The number of anilines is 1. The van der Waals surface area contributed by atoms with Crippen molar-refractivity contribution in [1.29, 1.82) is 0 Å². The summed E-state index contributed by atoms with van der Waals surface area (Å²) in [5.41, 5.74) is 1.34. The fourth-order valence-corrected chi connectivity index (χ4v) is 2.64. The van der Waals surface area contributed by atoms with Crippen molar-refractivity contribution in [3.05, 3.63) is 101 Å². The second-order valence-corrected chi connectivity index (χ2v) is 6.47. The molecule has 0 bridgehead atoms. The number of carbonyl (C=O) groups excluding carboxylic acids is 1. The van der Waals surface area contributed by atoms with E-state index in [1.54, 1.807) is 36.4 Å². The Bertz CT molecular complexity index is 1070. The number of non-ortho nitro benzene ring substituents is 1. The van der Waals surface area contributed by atoms with E-state index >= 15 is 0 Å². The molecule has 3 aromatic rings. The van der Waals surface area contributed by atoms with Crippen LogP contribution in [0, 0.1) is 10.1 Å². The van der Waals surface area contributed by atoms with Crippen LogP contribution >= 0.6 is 12.2 Å². The lowest BCUT2D eigenvalue weighted by Gasteiger charge is -2.10. The van der Waals surface area contributed by atoms with E-state index in [-0.39, 0.29) is 10.8 Å². The molecule has 0 unspecified atom stereocenters. The zero-order valence-electron chi connectivity index (χ0n) is 15.6. The molecule has 3 aromatic carbocycles. The summed E-state index contributed by atoms with van der Waals surface area (Å²) in [7, 11) is 0. The highest BCUT2D eigenvalue weighted by molar-refractivity contribution is 7.80. The van der Waals surface area contributed by atoms with Crippen molar-refractivity contribution in [3.63, 3.8) is 0 Å². The van der Waals surface area contributed by atoms with Crippen LogP contribution in [-0.2, 0) is 4.79 Å². The molecule has 0 aliphatic carbocycles. The van der Waals surface area contributed by atoms with Gasteiger partial charge in [-0.1, -0.05) is 18.2 Å². The number of nitrogens with one attached hydrogen (secondary N) is 2. The van der Waals surface area contributed by atoms with Crippen LogP contribution in [0.4, 0.5) is 11.4 Å². The molecule has 7 nitrogen and oxygen atoms in total. The fraction of sp³-hybridized carbons (Fsp3) is 0. The van der Waals surface area contributed by atoms with Gasteiger partial charge in [-0.15, -0.1) is 0 Å². The van der Waals surface area contributed by atoms with E-state index in [1.165, 1.54) is 24.3 Å². The zero-order chi connectivity index (χ0) is 21.3. The van der Waals surface area contributed by atoms with E-state index in [4.69, 9.17) is 17.0 Å². The minimum Gasteiger partial charge on any atom is -0.457 e. The highest BCUT2D eigenvalue weighted by Gasteiger charge is 2.04. The van der Waals surface area contributed by atoms with Crippen molar-refractivity contribution in [2.45, 2.75) is 0 Å². The number of rotatable bonds is 6. The predicted molar refractivity (Wildman–Crippen MR) is 119 cm³/mol. The second kappa shape index (κ2) is 9.94. The predicted octanol–water partition coefficient (Wildman–Crippen LogP) is 4.91. The van der Waals surface area contributed by atoms with Crippen LogP contribution in [0.3, 0.4) is 0 Å². The molecular formula is C22H17N3O4S. The molecular weight excluding hydrogens is 402 g/mol. The molecule has 0 fully saturated rings. The van der Waals surface area contributed by atoms with E-state index < -0.39 is 10.8 Å². The third kappa shape index (κ3) is 6.25. The summed E-state index contributed by atoms with van der Waals surface area (Å²) in [4.78, 5) is 22.2. The molecule has 0 aromatic heterocycles. The highest BCUT2D eigenvalue weighted by Crippen LogP contribution is 2.22. The number of ether oxygens (including phenoxy) is 1. The van der Waals surface area contributed by atoms with Gasteiger partial charge >= 0.3 is 0 Å². The first kappa shape index (κ1) is 20.7. The Balaban J connectivity index is 1.49. The van der Waals surface area contributed by atoms with Crippen molar-refractivity contribution in [2.75, 3.05) is 5.32 Å². The SMILES string of the molecule is O=C(/C=C/c1ccc([N+](=O)[O-])cc1)NC(=S)Nc1ccc(Oc2ccccc2)cc1. The van der Waals surface area contributed by atoms with Gasteiger partial charge in [0.1, 0.15) is 11.5 Å². The first-order valence-electron chi connectivity index (χ1n) is 8.87. The van der Waals surface area contributed by atoms with E-state index in [1.807, 2.05) is 30.3 Å². The third-order valence-electron chi connectivity index (χ3n) is 3.86. The maximum Gasteiger partial charge on any atom is 0.269 e. The van der Waals surface area contributed by atoms with Gasteiger partial charge in [-0.25, -0.2) is 0 Å². The smallest absolute Gasteiger partial charge is 0.269 e. The number of para-hydroxylation sites is 1. The van der Waals surface area contributed by atoms with Crippen LogP contribution in [0.2, 0.25) is 0 Å². The van der Waals surface area contributed by atoms with E-state index in [0.29, 0.717) is 17.0 Å². The van der Waals surface area contributed by atoms with Crippen LogP contribution < -0.4 is 15.4 Å². The Morgan fingerprint density at radius 1 is 0.933 bits per heavy atom. The average Bonchev–Trinajstić information content (AvgIpc) is 2.74. The largest absolute Gasteiger partial charge is 0.457 e. The van der Waals surface area contributed by atoms with Gasteiger partial charge in [0.05, 0.1) is 4.92 Å². The van der Waals surface area contributed by atoms with Crippen LogP contribution in [-0.4, -0.2) is 15.9 Å². The summed E-state index contributed by atoms with van der Waals surface area (Å²) in [6, 6.07) is 22.4. The molecule has 0 atom stereocenters. The van der Waals surface area contributed by atoms with Gasteiger partial charge < -0.3 is 10.1 Å². The summed E-state index contributed by atoms with van der Waals surface area (Å²) in [5.74, 6) is 0.989. The lowest BCUT2D eigenvalue weighted by Crippen LogP contribution is -2.32. The average molecular weight is 419 g/mol. The summed E-state index contributed by atoms with van der Waals surface area (Å²) in [6.45, 7) is 0. The lowest BCUT2D eigenvalue weighted by atomic mass is 10.2. The number of hydrogen-bond donors (Lipinski definition) is 2. The molecule has 0 saturated heterocycles. The minimum atomic E-state index is -0.482. The van der Waals surface area contributed by atoms with Crippen LogP contribution in [0.1, 0.15) is 5.56 Å². The molecule has 1 amide bonds. The molecule has 0 aliphatic heterocycles. The molecule has 8 heteroatoms. The van der Waals surface area contributed by atoms with Gasteiger partial charge in [0, 0.05) is 23.9 Å². The Morgan fingerprint density at radius 3 is 2.20 bits per heavy atom. The number of nitro groups is 1. The van der Waals surface area contributed by atoms with Crippen molar-refractivity contribution in [1.82, 2.24) is 5.32 Å². The van der Waals surface area contributed by atoms with Crippen LogP contribution in [0.5, 0.6) is 11.5 Å². The maximum atomic E-state index is 12.0. The van der Waals surface area contributed by atoms with Gasteiger partial charge in [0.15, 0.2) is 5.11 Å². The second-order valence-electron chi connectivity index (χ2n) is 6.06. The molecule has 2 N–H and O–H groups in total. The van der Waals surface area contributed by atoms with Crippen LogP contribution in [0.15, 0.2) is 84.9 Å². The van der Waals surface area contributed by atoms with E-state index in [9.17, 15) is 14.9 Å². The van der Waals surface area contributed by atoms with Crippen molar-refractivity contribution in [2.24, 2.45) is 0 Å². The first-order chi connectivity index (χ1) is 14.5. The molecule has 0 spiro atoms. The summed E-state index contributed by atoms with van der Waals surface area (Å²) >= 11 is 5.14. The third-order valence-corrected chi connectivity index (χ3v) is 4.06. The van der Waals surface area contributed by atoms with E-state index in [2.05, 4.69) is 10.6 Å². The van der Waals surface area contributed by atoms with Gasteiger partial charge in [0.25, 0.3) is 5.69 Å². The Morgan fingerprint density at radius 2 is 1.57 bits per heavy atom. The number of amides is 1. The number of benzene rings is 3. The maximum absolute atomic E-state index is 12.0. The van der Waals surface area contributed by atoms with Crippen molar-refractivity contribution >= 4 is 40.7 Å². The molecule has 150 valence electrons. The van der Waals surface area contributed by atoms with Gasteiger partial charge in [0.2, 0.25) is 5.91 Å². The Kier molecular flexibility index (Phi) is 6.86. The van der Waals surface area contributed by atoms with Crippen LogP contribution in [0.25, 0.3) is 6.08 Å². The normalized spacial score (nSPS) is 10.4. The standard InChI is InChI=1S/C22H17N3O4S/c26-21(15-8-16-6-11-18(12-7-16)25(27)28)24-22(30)23-17-9-13-20(14-10-17)29-19-4-2-1-3-5-19/h1-15H,(H2,23,24,26,30)/b15-8+. The van der Waals surface area contributed by atoms with Gasteiger partial charge in [-0.05, 0) is 72.4 Å². The van der Waals surface area contributed by atoms with Gasteiger partial charge in [-0.2, -0.15) is 0 Å². The number of carbonyl (C=O) groups is 1. The molecule has 0 heterocycles. The first-order valence-corrected chi connectivity index (χ1v) is 9.28. The van der Waals surface area contributed by atoms with Crippen molar-refractivity contribution < 1.29 is 14.5 Å². The van der Waals surface area contributed by atoms with E-state index in [0.717, 1.165) is 5.75 Å². The zero-order valence-corrected chi connectivity index (χ0v) is 16.5. The minimum absolute atomic E-state index is 0.0119. The summed E-state index contributed by atoms with van der Waals surface area (Å²) in [6.07, 6.45) is 2.84. The number of nitrogens with zero attached hydrogens (tertiary/aromatic N) is 1. The molecule has 30 heavy (non-hydrogen) atoms. The van der Waals surface area contributed by atoms with Gasteiger partial charge in [-0.3, -0.25) is 20.2 Å². The Labute approximate surface area is 178 Å². The topological polar surface area (TPSA) is 93.5 Å². The Hall–Kier alpha value is -4.04. The number of thiocarbonyl (C=S) groups is 1. The number of hydrogen-bond acceptors (Lipinski definition) is 5. The summed E-state index contributed by atoms with van der Waals surface area (Å²) in [5, 5.41) is 16.2. The molecule has 0 radical (unpaired) electrons. The lowest BCUT2D eigenvalue weighted by molar-refractivity contribution is -0.384. The summed E-state index contributed by atoms with van der Waals surface area (Å²) < 4.78 is 5.72. The quantitative estimate of drug-likeness (QED) is 0.255. The molecule has 0 saturated carbocycles. The highest BCUT2D eigenvalue weighted by atomic mass is 32.1. The van der Waals surface area contributed by atoms with Crippen molar-refractivity contribution in [3.8, 4) is 11.5 Å².